The van der Waals surface area contributed by atoms with Crippen molar-refractivity contribution in [3.05, 3.63) is 29.3 Å². The number of benzene rings is 1. The van der Waals surface area contributed by atoms with E-state index in [0.29, 0.717) is 30.6 Å². The summed E-state index contributed by atoms with van der Waals surface area (Å²) < 4.78 is 5.14. The predicted octanol–water partition coefficient (Wildman–Crippen LogP) is 2.88. The van der Waals surface area contributed by atoms with Gasteiger partial charge in [0.2, 0.25) is 0 Å². The van der Waals surface area contributed by atoms with Crippen LogP contribution in [-0.4, -0.2) is 12.9 Å². The molecule has 3 nitrogen and oxygen atoms in total. The van der Waals surface area contributed by atoms with Gasteiger partial charge in [0.15, 0.2) is 5.78 Å². The molecule has 0 heterocycles. The van der Waals surface area contributed by atoms with Crippen LogP contribution in [0.3, 0.4) is 0 Å². The highest BCUT2D eigenvalue weighted by atomic mass is 16.5. The Morgan fingerprint density at radius 3 is 2.88 bits per heavy atom. The Kier molecular flexibility index (Phi) is 4.53. The number of nitriles is 1. The van der Waals surface area contributed by atoms with Crippen LogP contribution >= 0.6 is 0 Å². The Balaban J connectivity index is 2.81. The second-order valence-corrected chi connectivity index (χ2v) is 3.64. The molecule has 0 bridgehead atoms. The van der Waals surface area contributed by atoms with Crippen molar-refractivity contribution in [1.82, 2.24) is 0 Å². The molecule has 0 aliphatic carbocycles. The highest BCUT2D eigenvalue weighted by Gasteiger charge is 2.11. The number of hydrogen-bond acceptors (Lipinski definition) is 3. The first-order chi connectivity index (χ1) is 7.69. The summed E-state index contributed by atoms with van der Waals surface area (Å²) >= 11 is 0. The zero-order valence-electron chi connectivity index (χ0n) is 9.62. The van der Waals surface area contributed by atoms with Crippen molar-refractivity contribution in [2.24, 2.45) is 0 Å². The molecule has 0 saturated heterocycles. The standard InChI is InChI=1S/C13H15NO2/c1-10-6-7-13(16-2)11(9-10)12(15)5-3-4-8-14/h6-7,9H,3-5H2,1-2H3. The maximum Gasteiger partial charge on any atom is 0.166 e. The molecular weight excluding hydrogens is 202 g/mol. The van der Waals surface area contributed by atoms with Crippen molar-refractivity contribution in [1.29, 1.82) is 5.26 Å². The lowest BCUT2D eigenvalue weighted by Gasteiger charge is -2.07. The van der Waals surface area contributed by atoms with E-state index < -0.39 is 0 Å². The molecule has 0 amide bonds. The molecule has 0 spiro atoms. The van der Waals surface area contributed by atoms with Gasteiger partial charge in [-0.05, 0) is 25.5 Å². The highest BCUT2D eigenvalue weighted by molar-refractivity contribution is 5.98. The lowest BCUT2D eigenvalue weighted by atomic mass is 10.0. The third-order valence-electron chi connectivity index (χ3n) is 2.35. The van der Waals surface area contributed by atoms with Crippen molar-refractivity contribution in [2.75, 3.05) is 7.11 Å². The van der Waals surface area contributed by atoms with Gasteiger partial charge < -0.3 is 4.74 Å². The van der Waals surface area contributed by atoms with Gasteiger partial charge in [-0.25, -0.2) is 0 Å². The minimum absolute atomic E-state index is 0.0378. The normalized spacial score (nSPS) is 9.56. The van der Waals surface area contributed by atoms with E-state index in [1.807, 2.05) is 25.1 Å². The van der Waals surface area contributed by atoms with Crippen molar-refractivity contribution in [3.8, 4) is 11.8 Å². The molecule has 0 radical (unpaired) electrons. The number of hydrogen-bond donors (Lipinski definition) is 0. The number of ether oxygens (including phenoxy) is 1. The molecule has 0 unspecified atom stereocenters. The molecule has 0 fully saturated rings. The molecule has 0 saturated carbocycles. The maximum atomic E-state index is 11.9. The topological polar surface area (TPSA) is 50.1 Å². The zero-order chi connectivity index (χ0) is 12.0. The highest BCUT2D eigenvalue weighted by Crippen LogP contribution is 2.21. The van der Waals surface area contributed by atoms with Gasteiger partial charge in [-0.3, -0.25) is 4.79 Å². The first kappa shape index (κ1) is 12.3. The summed E-state index contributed by atoms with van der Waals surface area (Å²) in [6.45, 7) is 1.94. The Morgan fingerprint density at radius 2 is 2.25 bits per heavy atom. The van der Waals surface area contributed by atoms with Crippen LogP contribution in [0.15, 0.2) is 18.2 Å². The van der Waals surface area contributed by atoms with Crippen LogP contribution in [0, 0.1) is 18.3 Å². The third-order valence-corrected chi connectivity index (χ3v) is 2.35. The fourth-order valence-electron chi connectivity index (χ4n) is 1.50. The fraction of sp³-hybridized carbons (Fsp3) is 0.385. The van der Waals surface area contributed by atoms with E-state index in [1.165, 1.54) is 0 Å². The van der Waals surface area contributed by atoms with Gasteiger partial charge in [0.25, 0.3) is 0 Å². The largest absolute Gasteiger partial charge is 0.496 e. The lowest BCUT2D eigenvalue weighted by Crippen LogP contribution is -2.02. The average Bonchev–Trinajstić information content (AvgIpc) is 2.29. The van der Waals surface area contributed by atoms with Crippen LogP contribution in [0.1, 0.15) is 35.2 Å². The summed E-state index contributed by atoms with van der Waals surface area (Å²) in [7, 11) is 1.55. The predicted molar refractivity (Wildman–Crippen MR) is 61.5 cm³/mol. The molecular formula is C13H15NO2. The van der Waals surface area contributed by atoms with E-state index in [9.17, 15) is 4.79 Å². The van der Waals surface area contributed by atoms with Crippen molar-refractivity contribution < 1.29 is 9.53 Å². The molecule has 16 heavy (non-hydrogen) atoms. The summed E-state index contributed by atoms with van der Waals surface area (Å²) in [5.41, 5.74) is 1.64. The fourth-order valence-corrected chi connectivity index (χ4v) is 1.50. The zero-order valence-corrected chi connectivity index (χ0v) is 9.62. The van der Waals surface area contributed by atoms with Crippen molar-refractivity contribution >= 4 is 5.78 Å². The Hall–Kier alpha value is -1.82. The van der Waals surface area contributed by atoms with E-state index in [1.54, 1.807) is 13.2 Å². The Bertz CT molecular complexity index is 418. The van der Waals surface area contributed by atoms with E-state index in [4.69, 9.17) is 10.00 Å². The maximum absolute atomic E-state index is 11.9. The summed E-state index contributed by atoms with van der Waals surface area (Å²) in [5, 5.41) is 8.41. The number of methoxy groups -OCH3 is 1. The molecule has 0 N–H and O–H groups in total. The summed E-state index contributed by atoms with van der Waals surface area (Å²) in [4.78, 5) is 11.9. The van der Waals surface area contributed by atoms with Crippen LogP contribution in [0.4, 0.5) is 0 Å². The third kappa shape index (κ3) is 3.09. The van der Waals surface area contributed by atoms with Gasteiger partial charge in [0.1, 0.15) is 5.75 Å². The van der Waals surface area contributed by atoms with Gasteiger partial charge in [0.05, 0.1) is 18.7 Å². The first-order valence-electron chi connectivity index (χ1n) is 5.24. The van der Waals surface area contributed by atoms with Gasteiger partial charge in [-0.15, -0.1) is 0 Å². The molecule has 0 aliphatic heterocycles. The quantitative estimate of drug-likeness (QED) is 0.563. The number of aryl methyl sites for hydroxylation is 1. The number of carbonyl (C=O) groups is 1. The van der Waals surface area contributed by atoms with Crippen molar-refractivity contribution in [3.63, 3.8) is 0 Å². The Morgan fingerprint density at radius 1 is 1.50 bits per heavy atom. The first-order valence-corrected chi connectivity index (χ1v) is 5.24. The van der Waals surface area contributed by atoms with Gasteiger partial charge in [-0.1, -0.05) is 11.6 Å². The summed E-state index contributed by atoms with van der Waals surface area (Å²) in [6.07, 6.45) is 1.42. The smallest absolute Gasteiger partial charge is 0.166 e. The van der Waals surface area contributed by atoms with Crippen LogP contribution in [0.2, 0.25) is 0 Å². The van der Waals surface area contributed by atoms with Crippen LogP contribution in [-0.2, 0) is 0 Å². The van der Waals surface area contributed by atoms with E-state index in [2.05, 4.69) is 0 Å². The molecule has 3 heteroatoms. The monoisotopic (exact) mass is 217 g/mol. The average molecular weight is 217 g/mol. The van der Waals surface area contributed by atoms with Crippen LogP contribution < -0.4 is 4.74 Å². The molecule has 0 aliphatic rings. The lowest BCUT2D eigenvalue weighted by molar-refractivity contribution is 0.0977. The second kappa shape index (κ2) is 5.92. The number of ketones is 1. The van der Waals surface area contributed by atoms with Crippen LogP contribution in [0.5, 0.6) is 5.75 Å². The minimum atomic E-state index is 0.0378. The number of unbranched alkanes of at least 4 members (excludes halogenated alkanes) is 1. The SMILES string of the molecule is COc1ccc(C)cc1C(=O)CCCC#N. The number of nitrogens with zero attached hydrogens (tertiary/aromatic N) is 1. The molecule has 0 aromatic heterocycles. The summed E-state index contributed by atoms with van der Waals surface area (Å²) in [6, 6.07) is 7.56. The minimum Gasteiger partial charge on any atom is -0.496 e. The number of Topliss-reactive ketones (excluding diaryl/α,β-unsaturated/α-hetero) is 1. The van der Waals surface area contributed by atoms with Gasteiger partial charge in [0, 0.05) is 12.8 Å². The molecule has 1 aromatic rings. The van der Waals surface area contributed by atoms with Crippen molar-refractivity contribution in [2.45, 2.75) is 26.2 Å². The van der Waals surface area contributed by atoms with Gasteiger partial charge in [-0.2, -0.15) is 5.26 Å². The molecule has 84 valence electrons. The van der Waals surface area contributed by atoms with Gasteiger partial charge >= 0.3 is 0 Å². The summed E-state index contributed by atoms with van der Waals surface area (Å²) in [5.74, 6) is 0.642. The molecule has 1 rings (SSSR count). The molecule has 0 atom stereocenters. The van der Waals surface area contributed by atoms with E-state index in [-0.39, 0.29) is 5.78 Å². The Labute approximate surface area is 95.7 Å². The number of rotatable bonds is 5. The second-order valence-electron chi connectivity index (χ2n) is 3.64. The number of carbonyl (C=O) groups excluding carboxylic acids is 1. The van der Waals surface area contributed by atoms with Crippen LogP contribution in [0.25, 0.3) is 0 Å². The van der Waals surface area contributed by atoms with E-state index in [0.717, 1.165) is 5.56 Å². The van der Waals surface area contributed by atoms with E-state index >= 15 is 0 Å². The molecule has 1 aromatic carbocycles.